The first-order chi connectivity index (χ1) is 15.6. The molecule has 32 heavy (non-hydrogen) atoms. The maximum Gasteiger partial charge on any atom is 0.343 e. The molecule has 0 fully saturated rings. The molecule has 4 aromatic heterocycles. The molecule has 5 rings (SSSR count). The number of fused-ring (bicyclic) bond motifs is 2. The first kappa shape index (κ1) is 21.2. The van der Waals surface area contributed by atoms with Crippen LogP contribution in [0.1, 0.15) is 38.3 Å². The van der Waals surface area contributed by atoms with Crippen molar-refractivity contribution in [2.75, 3.05) is 5.73 Å². The van der Waals surface area contributed by atoms with E-state index in [1.165, 1.54) is 6.33 Å². The molecule has 0 aliphatic rings. The predicted octanol–water partition coefficient (Wildman–Crippen LogP) is 4.52. The standard InChI is InChI=1S/C22H18N6O2.C2H6/c1-12-17-20(23)25-11-26-21(17)28(27-12)13(2)19-18(16-9-5-6-10-24-16)14-7-3-4-8-15(14)22(29)30-19;1-2/h3-11,13H,1-2H3,(H2,23,25,26);1-2H3. The third-order valence-corrected chi connectivity index (χ3v) is 5.23. The molecule has 2 N–H and O–H groups in total. The highest BCUT2D eigenvalue weighted by Crippen LogP contribution is 2.35. The van der Waals surface area contributed by atoms with Crippen LogP contribution in [-0.4, -0.2) is 24.7 Å². The molecule has 8 heteroatoms. The van der Waals surface area contributed by atoms with Gasteiger partial charge in [-0.15, -0.1) is 0 Å². The van der Waals surface area contributed by atoms with E-state index in [2.05, 4.69) is 20.1 Å². The number of hydrogen-bond acceptors (Lipinski definition) is 7. The van der Waals surface area contributed by atoms with Gasteiger partial charge in [-0.05, 0) is 32.0 Å². The van der Waals surface area contributed by atoms with E-state index in [9.17, 15) is 4.79 Å². The molecule has 5 aromatic rings. The van der Waals surface area contributed by atoms with Crippen LogP contribution in [0.2, 0.25) is 0 Å². The molecule has 4 heterocycles. The van der Waals surface area contributed by atoms with Gasteiger partial charge in [0.05, 0.1) is 22.2 Å². The minimum absolute atomic E-state index is 0.362. The van der Waals surface area contributed by atoms with E-state index in [1.807, 2.05) is 64.1 Å². The molecule has 1 aromatic carbocycles. The summed E-state index contributed by atoms with van der Waals surface area (Å²) in [7, 11) is 0. The number of nitrogens with zero attached hydrogens (tertiary/aromatic N) is 5. The Morgan fingerprint density at radius 1 is 1.00 bits per heavy atom. The lowest BCUT2D eigenvalue weighted by Gasteiger charge is -2.17. The Bertz CT molecular complexity index is 1460. The van der Waals surface area contributed by atoms with Crippen molar-refractivity contribution < 1.29 is 4.42 Å². The summed E-state index contributed by atoms with van der Waals surface area (Å²) in [6.07, 6.45) is 3.11. The van der Waals surface area contributed by atoms with E-state index < -0.39 is 11.7 Å². The summed E-state index contributed by atoms with van der Waals surface area (Å²) in [6.45, 7) is 7.76. The highest BCUT2D eigenvalue weighted by molar-refractivity contribution is 5.96. The molecule has 0 aliphatic carbocycles. The van der Waals surface area contributed by atoms with E-state index in [1.54, 1.807) is 16.9 Å². The second-order valence-electron chi connectivity index (χ2n) is 7.05. The molecule has 0 aliphatic heterocycles. The number of hydrogen-bond donors (Lipinski definition) is 1. The second kappa shape index (κ2) is 8.58. The van der Waals surface area contributed by atoms with Crippen LogP contribution < -0.4 is 11.4 Å². The Balaban J connectivity index is 0.00000119. The molecule has 0 saturated carbocycles. The van der Waals surface area contributed by atoms with Crippen LogP contribution in [0, 0.1) is 6.92 Å². The normalized spacial score (nSPS) is 11.9. The lowest BCUT2D eigenvalue weighted by Crippen LogP contribution is -2.15. The van der Waals surface area contributed by atoms with Crippen LogP contribution in [0.5, 0.6) is 0 Å². The molecule has 0 bridgehead atoms. The summed E-state index contributed by atoms with van der Waals surface area (Å²) in [5.41, 5.74) is 8.38. The number of nitrogens with two attached hydrogens (primary N) is 1. The van der Waals surface area contributed by atoms with Gasteiger partial charge in [-0.1, -0.05) is 38.1 Å². The van der Waals surface area contributed by atoms with E-state index in [-0.39, 0.29) is 0 Å². The largest absolute Gasteiger partial charge is 0.424 e. The monoisotopic (exact) mass is 428 g/mol. The molecule has 0 saturated heterocycles. The van der Waals surface area contributed by atoms with Crippen molar-refractivity contribution in [1.82, 2.24) is 24.7 Å². The Labute approximate surface area is 184 Å². The third kappa shape index (κ3) is 3.39. The van der Waals surface area contributed by atoms with Gasteiger partial charge in [0, 0.05) is 17.1 Å². The van der Waals surface area contributed by atoms with Crippen molar-refractivity contribution in [1.29, 1.82) is 0 Å². The molecule has 0 radical (unpaired) electrons. The Morgan fingerprint density at radius 2 is 1.72 bits per heavy atom. The molecule has 0 amide bonds. The summed E-state index contributed by atoms with van der Waals surface area (Å²) in [5, 5.41) is 6.59. The summed E-state index contributed by atoms with van der Waals surface area (Å²) >= 11 is 0. The van der Waals surface area contributed by atoms with Gasteiger partial charge < -0.3 is 10.2 Å². The SMILES string of the molecule is CC.Cc1nn(C(C)c2oc(=O)c3ccccc3c2-c2ccccn2)c2ncnc(N)c12. The fourth-order valence-corrected chi connectivity index (χ4v) is 3.84. The van der Waals surface area contributed by atoms with Crippen LogP contribution in [0.3, 0.4) is 0 Å². The average Bonchev–Trinajstić information content (AvgIpc) is 3.18. The van der Waals surface area contributed by atoms with Gasteiger partial charge in [-0.25, -0.2) is 19.4 Å². The summed E-state index contributed by atoms with van der Waals surface area (Å²) in [6, 6.07) is 12.6. The molecule has 1 atom stereocenters. The van der Waals surface area contributed by atoms with Gasteiger partial charge in [0.2, 0.25) is 0 Å². The van der Waals surface area contributed by atoms with Gasteiger partial charge in [0.15, 0.2) is 5.65 Å². The summed E-state index contributed by atoms with van der Waals surface area (Å²) in [4.78, 5) is 25.7. The van der Waals surface area contributed by atoms with Crippen molar-refractivity contribution in [3.63, 3.8) is 0 Å². The minimum Gasteiger partial charge on any atom is -0.424 e. The topological polar surface area (TPSA) is 113 Å². The number of aromatic nitrogens is 5. The van der Waals surface area contributed by atoms with Crippen LogP contribution in [0.4, 0.5) is 5.82 Å². The number of aryl methyl sites for hydroxylation is 1. The molecular weight excluding hydrogens is 404 g/mol. The molecular formula is C24H24N6O2. The maximum absolute atomic E-state index is 12.8. The number of anilines is 1. The van der Waals surface area contributed by atoms with Gasteiger partial charge in [-0.2, -0.15) is 5.10 Å². The van der Waals surface area contributed by atoms with E-state index >= 15 is 0 Å². The van der Waals surface area contributed by atoms with Crippen molar-refractivity contribution in [3.8, 4) is 11.3 Å². The lowest BCUT2D eigenvalue weighted by atomic mass is 9.99. The van der Waals surface area contributed by atoms with Gasteiger partial charge in [0.25, 0.3) is 0 Å². The van der Waals surface area contributed by atoms with Gasteiger partial charge >= 0.3 is 5.63 Å². The number of benzene rings is 1. The zero-order valence-electron chi connectivity index (χ0n) is 18.4. The Morgan fingerprint density at radius 3 is 2.44 bits per heavy atom. The zero-order chi connectivity index (χ0) is 22.8. The van der Waals surface area contributed by atoms with Gasteiger partial charge in [0.1, 0.15) is 23.9 Å². The maximum atomic E-state index is 12.8. The van der Waals surface area contributed by atoms with E-state index in [4.69, 9.17) is 10.2 Å². The number of rotatable bonds is 3. The zero-order valence-corrected chi connectivity index (χ0v) is 18.4. The van der Waals surface area contributed by atoms with Crippen LogP contribution in [-0.2, 0) is 0 Å². The van der Waals surface area contributed by atoms with Crippen LogP contribution >= 0.6 is 0 Å². The van der Waals surface area contributed by atoms with Crippen molar-refractivity contribution >= 4 is 27.6 Å². The molecule has 8 nitrogen and oxygen atoms in total. The van der Waals surface area contributed by atoms with E-state index in [0.717, 1.165) is 10.9 Å². The van der Waals surface area contributed by atoms with Crippen molar-refractivity contribution in [3.05, 3.63) is 76.9 Å². The summed E-state index contributed by atoms with van der Waals surface area (Å²) < 4.78 is 7.56. The van der Waals surface area contributed by atoms with Crippen molar-refractivity contribution in [2.24, 2.45) is 0 Å². The smallest absolute Gasteiger partial charge is 0.343 e. The van der Waals surface area contributed by atoms with Crippen LogP contribution in [0.15, 0.2) is 64.2 Å². The summed E-state index contributed by atoms with van der Waals surface area (Å²) in [5.74, 6) is 0.819. The fraction of sp³-hybridized carbons (Fsp3) is 0.208. The predicted molar refractivity (Wildman–Crippen MR) is 125 cm³/mol. The molecule has 1 unspecified atom stereocenters. The second-order valence-corrected chi connectivity index (χ2v) is 7.05. The molecule has 0 spiro atoms. The Hall–Kier alpha value is -4.07. The van der Waals surface area contributed by atoms with E-state index in [0.29, 0.717) is 39.4 Å². The highest BCUT2D eigenvalue weighted by atomic mass is 16.4. The van der Waals surface area contributed by atoms with Crippen LogP contribution in [0.25, 0.3) is 33.1 Å². The highest BCUT2D eigenvalue weighted by Gasteiger charge is 2.25. The average molecular weight is 428 g/mol. The first-order valence-corrected chi connectivity index (χ1v) is 10.5. The lowest BCUT2D eigenvalue weighted by molar-refractivity contribution is 0.404. The number of nitrogen functional groups attached to an aromatic ring is 1. The van der Waals surface area contributed by atoms with Gasteiger partial charge in [-0.3, -0.25) is 4.98 Å². The minimum atomic E-state index is -0.440. The van der Waals surface area contributed by atoms with Crippen molar-refractivity contribution in [2.45, 2.75) is 33.7 Å². The first-order valence-electron chi connectivity index (χ1n) is 10.5. The Kier molecular flexibility index (Phi) is 5.68. The third-order valence-electron chi connectivity index (χ3n) is 5.23. The fourth-order valence-electron chi connectivity index (χ4n) is 3.84. The molecule has 162 valence electrons. The quantitative estimate of drug-likeness (QED) is 0.449. The number of pyridine rings is 1.